The number of ether oxygens (including phenoxy) is 1. The molecular formula is C16H24IN3O2. The SMILES string of the molecule is CCOCCNC(=NC)NCCc1cc2ccccc2o1.I. The van der Waals surface area contributed by atoms with Gasteiger partial charge in [0.25, 0.3) is 0 Å². The third kappa shape index (κ3) is 5.84. The van der Waals surface area contributed by atoms with E-state index in [2.05, 4.69) is 27.8 Å². The van der Waals surface area contributed by atoms with Crippen molar-refractivity contribution in [1.82, 2.24) is 10.6 Å². The first-order chi connectivity index (χ1) is 10.3. The average molecular weight is 417 g/mol. The lowest BCUT2D eigenvalue weighted by molar-refractivity contribution is 0.152. The summed E-state index contributed by atoms with van der Waals surface area (Å²) in [7, 11) is 1.76. The maximum atomic E-state index is 5.78. The molecule has 0 unspecified atom stereocenters. The highest BCUT2D eigenvalue weighted by molar-refractivity contribution is 14.0. The lowest BCUT2D eigenvalue weighted by atomic mass is 10.2. The Hall–Kier alpha value is -1.28. The number of guanidine groups is 1. The first-order valence-electron chi connectivity index (χ1n) is 7.33. The fourth-order valence-corrected chi connectivity index (χ4v) is 2.07. The van der Waals surface area contributed by atoms with E-state index in [1.165, 1.54) is 0 Å². The Balaban J connectivity index is 0.00000242. The third-order valence-electron chi connectivity index (χ3n) is 3.11. The molecule has 1 aromatic carbocycles. The minimum absolute atomic E-state index is 0. The first kappa shape index (κ1) is 18.8. The van der Waals surface area contributed by atoms with Gasteiger partial charge in [-0.15, -0.1) is 24.0 Å². The van der Waals surface area contributed by atoms with E-state index in [-0.39, 0.29) is 24.0 Å². The highest BCUT2D eigenvalue weighted by atomic mass is 127. The summed E-state index contributed by atoms with van der Waals surface area (Å²) in [5, 5.41) is 7.61. The Morgan fingerprint density at radius 1 is 1.23 bits per heavy atom. The monoisotopic (exact) mass is 417 g/mol. The summed E-state index contributed by atoms with van der Waals surface area (Å²) in [6, 6.07) is 10.1. The zero-order valence-corrected chi connectivity index (χ0v) is 15.4. The van der Waals surface area contributed by atoms with Gasteiger partial charge in [0.2, 0.25) is 0 Å². The van der Waals surface area contributed by atoms with Crippen LogP contribution in [0.5, 0.6) is 0 Å². The molecule has 2 rings (SSSR count). The van der Waals surface area contributed by atoms with Crippen LogP contribution in [0.15, 0.2) is 39.7 Å². The van der Waals surface area contributed by atoms with E-state index < -0.39 is 0 Å². The second-order valence-electron chi connectivity index (χ2n) is 4.62. The van der Waals surface area contributed by atoms with Crippen molar-refractivity contribution in [3.63, 3.8) is 0 Å². The number of aliphatic imine (C=N–C) groups is 1. The fourth-order valence-electron chi connectivity index (χ4n) is 2.07. The summed E-state index contributed by atoms with van der Waals surface area (Å²) in [6.07, 6.45) is 0.820. The molecule has 2 N–H and O–H groups in total. The van der Waals surface area contributed by atoms with Gasteiger partial charge in [0.05, 0.1) is 6.61 Å². The van der Waals surface area contributed by atoms with Crippen molar-refractivity contribution < 1.29 is 9.15 Å². The molecule has 1 aromatic heterocycles. The summed E-state index contributed by atoms with van der Waals surface area (Å²) < 4.78 is 11.1. The van der Waals surface area contributed by atoms with Crippen molar-refractivity contribution in [2.24, 2.45) is 4.99 Å². The quantitative estimate of drug-likeness (QED) is 0.315. The molecule has 0 aliphatic carbocycles. The van der Waals surface area contributed by atoms with E-state index in [0.717, 1.165) is 48.8 Å². The fraction of sp³-hybridized carbons (Fsp3) is 0.438. The van der Waals surface area contributed by atoms with E-state index in [9.17, 15) is 0 Å². The van der Waals surface area contributed by atoms with Crippen molar-refractivity contribution in [2.45, 2.75) is 13.3 Å². The number of nitrogens with zero attached hydrogens (tertiary/aromatic N) is 1. The number of hydrogen-bond acceptors (Lipinski definition) is 3. The minimum atomic E-state index is 0. The van der Waals surface area contributed by atoms with Gasteiger partial charge >= 0.3 is 0 Å². The molecular weight excluding hydrogens is 393 g/mol. The molecule has 5 nitrogen and oxygen atoms in total. The van der Waals surface area contributed by atoms with Crippen LogP contribution in [0.4, 0.5) is 0 Å². The molecule has 0 saturated carbocycles. The highest BCUT2D eigenvalue weighted by Crippen LogP contribution is 2.18. The van der Waals surface area contributed by atoms with Crippen LogP contribution < -0.4 is 10.6 Å². The van der Waals surface area contributed by atoms with Crippen molar-refractivity contribution in [1.29, 1.82) is 0 Å². The average Bonchev–Trinajstić information content (AvgIpc) is 2.92. The smallest absolute Gasteiger partial charge is 0.191 e. The van der Waals surface area contributed by atoms with Gasteiger partial charge in [-0.2, -0.15) is 0 Å². The van der Waals surface area contributed by atoms with Crippen LogP contribution in [-0.4, -0.2) is 39.3 Å². The lowest BCUT2D eigenvalue weighted by Gasteiger charge is -2.11. The Morgan fingerprint density at radius 2 is 2.00 bits per heavy atom. The highest BCUT2D eigenvalue weighted by Gasteiger charge is 2.03. The summed E-state index contributed by atoms with van der Waals surface area (Å²) in [5.74, 6) is 1.76. The largest absolute Gasteiger partial charge is 0.461 e. The zero-order chi connectivity index (χ0) is 14.9. The van der Waals surface area contributed by atoms with Crippen LogP contribution in [-0.2, 0) is 11.2 Å². The predicted molar refractivity (Wildman–Crippen MR) is 101 cm³/mol. The van der Waals surface area contributed by atoms with Crippen LogP contribution in [0, 0.1) is 0 Å². The standard InChI is InChI=1S/C16H23N3O2.HI/c1-3-20-11-10-19-16(17-2)18-9-8-14-12-13-6-4-5-7-15(13)21-14;/h4-7,12H,3,8-11H2,1-2H3,(H2,17,18,19);1H. The van der Waals surface area contributed by atoms with Crippen LogP contribution in [0.1, 0.15) is 12.7 Å². The zero-order valence-electron chi connectivity index (χ0n) is 13.1. The van der Waals surface area contributed by atoms with Gasteiger partial charge in [0.15, 0.2) is 5.96 Å². The maximum absolute atomic E-state index is 5.78. The number of para-hydroxylation sites is 1. The van der Waals surface area contributed by atoms with Crippen LogP contribution in [0.25, 0.3) is 11.0 Å². The van der Waals surface area contributed by atoms with Crippen molar-refractivity contribution in [2.75, 3.05) is 33.4 Å². The van der Waals surface area contributed by atoms with Crippen molar-refractivity contribution in [3.05, 3.63) is 36.1 Å². The number of furan rings is 1. The summed E-state index contributed by atoms with van der Waals surface area (Å²) in [6.45, 7) is 4.92. The third-order valence-corrected chi connectivity index (χ3v) is 3.11. The normalized spacial score (nSPS) is 11.3. The van der Waals surface area contributed by atoms with E-state index in [1.54, 1.807) is 7.05 Å². The van der Waals surface area contributed by atoms with E-state index >= 15 is 0 Å². The number of nitrogens with one attached hydrogen (secondary N) is 2. The molecule has 0 radical (unpaired) electrons. The predicted octanol–water partition coefficient (Wildman–Crippen LogP) is 2.79. The molecule has 0 saturated heterocycles. The number of fused-ring (bicyclic) bond motifs is 1. The molecule has 0 spiro atoms. The van der Waals surface area contributed by atoms with Gasteiger partial charge in [0.1, 0.15) is 11.3 Å². The van der Waals surface area contributed by atoms with Gasteiger partial charge in [-0.25, -0.2) is 0 Å². The molecule has 6 heteroatoms. The second kappa shape index (κ2) is 10.4. The topological polar surface area (TPSA) is 58.8 Å². The molecule has 0 fully saturated rings. The van der Waals surface area contributed by atoms with Crippen LogP contribution >= 0.6 is 24.0 Å². The minimum Gasteiger partial charge on any atom is -0.461 e. The molecule has 0 aliphatic heterocycles. The number of halogens is 1. The Morgan fingerprint density at radius 3 is 2.73 bits per heavy atom. The second-order valence-corrected chi connectivity index (χ2v) is 4.62. The van der Waals surface area contributed by atoms with Crippen LogP contribution in [0.3, 0.4) is 0 Å². The molecule has 0 amide bonds. The van der Waals surface area contributed by atoms with Gasteiger partial charge in [-0.3, -0.25) is 4.99 Å². The summed E-state index contributed by atoms with van der Waals surface area (Å²) >= 11 is 0. The Bertz CT molecular complexity index is 551. The van der Waals surface area contributed by atoms with Crippen LogP contribution in [0.2, 0.25) is 0 Å². The maximum Gasteiger partial charge on any atom is 0.191 e. The lowest BCUT2D eigenvalue weighted by Crippen LogP contribution is -2.39. The Labute approximate surface area is 148 Å². The number of benzene rings is 1. The molecule has 0 aliphatic rings. The van der Waals surface area contributed by atoms with E-state index in [1.807, 2.05) is 25.1 Å². The summed E-state index contributed by atoms with van der Waals surface area (Å²) in [5.41, 5.74) is 0.937. The molecule has 22 heavy (non-hydrogen) atoms. The van der Waals surface area contributed by atoms with E-state index in [4.69, 9.17) is 9.15 Å². The van der Waals surface area contributed by atoms with Crippen molar-refractivity contribution >= 4 is 40.9 Å². The summed E-state index contributed by atoms with van der Waals surface area (Å²) in [4.78, 5) is 4.17. The molecule has 2 aromatic rings. The van der Waals surface area contributed by atoms with Crippen molar-refractivity contribution in [3.8, 4) is 0 Å². The van der Waals surface area contributed by atoms with E-state index in [0.29, 0.717) is 6.61 Å². The van der Waals surface area contributed by atoms with Gasteiger partial charge in [0, 0.05) is 38.6 Å². The molecule has 1 heterocycles. The number of rotatable bonds is 7. The number of hydrogen-bond donors (Lipinski definition) is 2. The first-order valence-corrected chi connectivity index (χ1v) is 7.33. The van der Waals surface area contributed by atoms with Gasteiger partial charge in [-0.1, -0.05) is 18.2 Å². The molecule has 122 valence electrons. The van der Waals surface area contributed by atoms with Gasteiger partial charge < -0.3 is 19.8 Å². The van der Waals surface area contributed by atoms with Gasteiger partial charge in [-0.05, 0) is 19.1 Å². The Kier molecular flexibility index (Phi) is 8.91. The molecule has 0 atom stereocenters. The molecule has 0 bridgehead atoms.